The maximum absolute atomic E-state index is 5.03. The minimum atomic E-state index is -0.130. The van der Waals surface area contributed by atoms with Crippen LogP contribution in [0.1, 0.15) is 44.7 Å². The van der Waals surface area contributed by atoms with Gasteiger partial charge in [0, 0.05) is 16.1 Å². The highest BCUT2D eigenvalue weighted by atomic mass is 79.9. The van der Waals surface area contributed by atoms with Crippen LogP contribution in [0, 0.1) is 5.92 Å². The predicted molar refractivity (Wildman–Crippen MR) is 111 cm³/mol. The third-order valence-corrected chi connectivity index (χ3v) is 4.81. The Morgan fingerprint density at radius 3 is 2.20 bits per heavy atom. The molecule has 0 saturated heterocycles. The van der Waals surface area contributed by atoms with Crippen LogP contribution in [-0.4, -0.2) is 11.4 Å². The Bertz CT molecular complexity index is 783. The van der Waals surface area contributed by atoms with Crippen molar-refractivity contribution >= 4 is 27.5 Å². The van der Waals surface area contributed by atoms with Gasteiger partial charge in [-0.3, -0.25) is 4.99 Å². The first-order chi connectivity index (χ1) is 11.8. The second-order valence-electron chi connectivity index (χ2n) is 7.63. The number of hydrogen-bond donors (Lipinski definition) is 1. The molecule has 2 aromatic rings. The molecule has 1 aliphatic rings. The van der Waals surface area contributed by atoms with Gasteiger partial charge in [-0.2, -0.15) is 0 Å². The Labute approximate surface area is 159 Å². The van der Waals surface area contributed by atoms with E-state index in [1.165, 1.54) is 11.1 Å². The second-order valence-corrected chi connectivity index (χ2v) is 8.54. The zero-order valence-corrected chi connectivity index (χ0v) is 16.8. The van der Waals surface area contributed by atoms with E-state index in [-0.39, 0.29) is 11.5 Å². The molecule has 25 heavy (non-hydrogen) atoms. The Hall–Kier alpha value is -1.87. The summed E-state index contributed by atoms with van der Waals surface area (Å²) in [5.74, 6) is 1.64. The molecule has 0 spiro atoms. The second kappa shape index (κ2) is 7.17. The SMILES string of the molecule is CC1C=C(c2ccccc2)NC(=NC(C)(C)C)C1c1ccc(Br)cc1. The van der Waals surface area contributed by atoms with Crippen molar-refractivity contribution in [2.75, 3.05) is 0 Å². The van der Waals surface area contributed by atoms with Gasteiger partial charge in [-0.05, 0) is 49.9 Å². The van der Waals surface area contributed by atoms with E-state index in [1.54, 1.807) is 0 Å². The number of rotatable bonds is 2. The summed E-state index contributed by atoms with van der Waals surface area (Å²) in [6.07, 6.45) is 2.32. The number of hydrogen-bond acceptors (Lipinski definition) is 1. The van der Waals surface area contributed by atoms with Gasteiger partial charge in [0.2, 0.25) is 0 Å². The normalized spacial score (nSPS) is 22.4. The van der Waals surface area contributed by atoms with Crippen molar-refractivity contribution in [1.82, 2.24) is 5.32 Å². The van der Waals surface area contributed by atoms with Gasteiger partial charge < -0.3 is 5.32 Å². The fourth-order valence-electron chi connectivity index (χ4n) is 3.24. The van der Waals surface area contributed by atoms with Crippen LogP contribution in [0.4, 0.5) is 0 Å². The van der Waals surface area contributed by atoms with Crippen molar-refractivity contribution in [3.63, 3.8) is 0 Å². The number of aliphatic imine (C=N–C) groups is 1. The zero-order valence-electron chi connectivity index (χ0n) is 15.3. The quantitative estimate of drug-likeness (QED) is 0.659. The maximum atomic E-state index is 5.03. The molecule has 0 saturated carbocycles. The summed E-state index contributed by atoms with van der Waals surface area (Å²) < 4.78 is 1.10. The van der Waals surface area contributed by atoms with Gasteiger partial charge in [0.15, 0.2) is 0 Å². The van der Waals surface area contributed by atoms with E-state index in [9.17, 15) is 0 Å². The third kappa shape index (κ3) is 4.40. The minimum absolute atomic E-state index is 0.130. The van der Waals surface area contributed by atoms with Gasteiger partial charge in [-0.15, -0.1) is 0 Å². The number of nitrogens with zero attached hydrogens (tertiary/aromatic N) is 1. The number of halogens is 1. The molecule has 0 bridgehead atoms. The molecule has 2 nitrogen and oxygen atoms in total. The summed E-state index contributed by atoms with van der Waals surface area (Å²) in [6, 6.07) is 19.1. The largest absolute Gasteiger partial charge is 0.343 e. The molecule has 3 heteroatoms. The maximum Gasteiger partial charge on any atom is 0.109 e. The fraction of sp³-hybridized carbons (Fsp3) is 0.318. The van der Waals surface area contributed by atoms with Crippen molar-refractivity contribution < 1.29 is 0 Å². The molecule has 2 aromatic carbocycles. The van der Waals surface area contributed by atoms with Crippen LogP contribution < -0.4 is 5.32 Å². The van der Waals surface area contributed by atoms with Crippen LogP contribution in [0.3, 0.4) is 0 Å². The standard InChI is InChI=1S/C22H25BrN2/c1-15-14-19(16-8-6-5-7-9-16)24-21(25-22(2,3)4)20(15)17-10-12-18(23)13-11-17/h5-15,20H,1-4H3,(H,24,25). The van der Waals surface area contributed by atoms with Crippen molar-refractivity contribution in [1.29, 1.82) is 0 Å². The summed E-state index contributed by atoms with van der Waals surface area (Å²) in [5.41, 5.74) is 3.50. The Morgan fingerprint density at radius 1 is 0.960 bits per heavy atom. The van der Waals surface area contributed by atoms with Crippen molar-refractivity contribution in [2.24, 2.45) is 10.9 Å². The van der Waals surface area contributed by atoms with Gasteiger partial charge in [0.1, 0.15) is 5.84 Å². The highest BCUT2D eigenvalue weighted by Crippen LogP contribution is 2.34. The van der Waals surface area contributed by atoms with E-state index >= 15 is 0 Å². The highest BCUT2D eigenvalue weighted by Gasteiger charge is 2.30. The van der Waals surface area contributed by atoms with Crippen LogP contribution in [0.2, 0.25) is 0 Å². The molecule has 1 heterocycles. The molecular formula is C22H25BrN2. The lowest BCUT2D eigenvalue weighted by molar-refractivity contribution is 0.562. The molecule has 0 radical (unpaired) electrons. The first-order valence-electron chi connectivity index (χ1n) is 8.73. The molecule has 2 unspecified atom stereocenters. The molecule has 1 aliphatic heterocycles. The lowest BCUT2D eigenvalue weighted by Gasteiger charge is -2.33. The molecule has 3 rings (SSSR count). The fourth-order valence-corrected chi connectivity index (χ4v) is 3.51. The molecule has 0 amide bonds. The van der Waals surface area contributed by atoms with Crippen LogP contribution >= 0.6 is 15.9 Å². The van der Waals surface area contributed by atoms with Crippen LogP contribution in [0.5, 0.6) is 0 Å². The number of amidine groups is 1. The van der Waals surface area contributed by atoms with E-state index in [0.717, 1.165) is 16.0 Å². The van der Waals surface area contributed by atoms with Gasteiger partial charge in [-0.25, -0.2) is 0 Å². The minimum Gasteiger partial charge on any atom is -0.343 e. The first kappa shape index (κ1) is 17.9. The topological polar surface area (TPSA) is 24.4 Å². The summed E-state index contributed by atoms with van der Waals surface area (Å²) in [4.78, 5) is 5.03. The summed E-state index contributed by atoms with van der Waals surface area (Å²) >= 11 is 3.53. The zero-order chi connectivity index (χ0) is 18.0. The predicted octanol–water partition coefficient (Wildman–Crippen LogP) is 6.01. The number of allylic oxidation sites excluding steroid dienone is 1. The number of nitrogens with one attached hydrogen (secondary N) is 1. The van der Waals surface area contributed by atoms with E-state index in [2.05, 4.69) is 104 Å². The molecule has 0 aliphatic carbocycles. The van der Waals surface area contributed by atoms with Gasteiger partial charge >= 0.3 is 0 Å². The smallest absolute Gasteiger partial charge is 0.109 e. The summed E-state index contributed by atoms with van der Waals surface area (Å²) in [6.45, 7) is 8.71. The Morgan fingerprint density at radius 2 is 1.60 bits per heavy atom. The van der Waals surface area contributed by atoms with Crippen molar-refractivity contribution in [2.45, 2.75) is 39.2 Å². The van der Waals surface area contributed by atoms with Crippen molar-refractivity contribution in [3.05, 3.63) is 76.3 Å². The van der Waals surface area contributed by atoms with Crippen LogP contribution in [0.15, 0.2) is 70.1 Å². The number of benzene rings is 2. The molecular weight excluding hydrogens is 372 g/mol. The molecule has 0 aromatic heterocycles. The summed E-state index contributed by atoms with van der Waals surface area (Å²) in [7, 11) is 0. The Balaban J connectivity index is 2.05. The van der Waals surface area contributed by atoms with Gasteiger partial charge in [0.25, 0.3) is 0 Å². The Kier molecular flexibility index (Phi) is 5.14. The van der Waals surface area contributed by atoms with E-state index in [0.29, 0.717) is 5.92 Å². The highest BCUT2D eigenvalue weighted by molar-refractivity contribution is 9.10. The summed E-state index contributed by atoms with van der Waals surface area (Å²) in [5, 5.41) is 3.62. The lowest BCUT2D eigenvalue weighted by Crippen LogP contribution is -2.38. The molecule has 2 atom stereocenters. The van der Waals surface area contributed by atoms with E-state index in [4.69, 9.17) is 4.99 Å². The van der Waals surface area contributed by atoms with E-state index in [1.807, 2.05) is 6.07 Å². The molecule has 1 N–H and O–H groups in total. The van der Waals surface area contributed by atoms with Gasteiger partial charge in [0.05, 0.1) is 5.54 Å². The molecule has 130 valence electrons. The van der Waals surface area contributed by atoms with E-state index < -0.39 is 0 Å². The van der Waals surface area contributed by atoms with Gasteiger partial charge in [-0.1, -0.05) is 71.4 Å². The monoisotopic (exact) mass is 396 g/mol. The lowest BCUT2D eigenvalue weighted by atomic mass is 9.82. The average Bonchev–Trinajstić information content (AvgIpc) is 2.55. The van der Waals surface area contributed by atoms with Crippen molar-refractivity contribution in [3.8, 4) is 0 Å². The van der Waals surface area contributed by atoms with Crippen LogP contribution in [-0.2, 0) is 0 Å². The molecule has 0 fully saturated rings. The van der Waals surface area contributed by atoms with Crippen LogP contribution in [0.25, 0.3) is 5.70 Å². The average molecular weight is 397 g/mol. The third-order valence-electron chi connectivity index (χ3n) is 4.28. The first-order valence-corrected chi connectivity index (χ1v) is 9.52.